The standard InChI is InChI=1S/C8H8BF4O3S2.K/c1-5-7(16-18(13,14)15)2-6(3-8(5)17)4-9(10,11)12;/h2-3,17H,4H2,1H3;/q-1;+1. The molecule has 0 heterocycles. The van der Waals surface area contributed by atoms with E-state index in [0.29, 0.717) is 0 Å². The minimum absolute atomic E-state index is 0. The van der Waals surface area contributed by atoms with E-state index in [1.165, 1.54) is 6.92 Å². The summed E-state index contributed by atoms with van der Waals surface area (Å²) < 4.78 is 73.7. The van der Waals surface area contributed by atoms with Crippen LogP contribution in [0.3, 0.4) is 0 Å². The summed E-state index contributed by atoms with van der Waals surface area (Å²) in [6.45, 7) is -3.74. The van der Waals surface area contributed by atoms with Gasteiger partial charge in [-0.3, -0.25) is 0 Å². The summed E-state index contributed by atoms with van der Waals surface area (Å²) in [6, 6.07) is 1.97. The van der Waals surface area contributed by atoms with Crippen LogP contribution in [-0.4, -0.2) is 15.4 Å². The average molecular weight is 342 g/mol. The summed E-state index contributed by atoms with van der Waals surface area (Å²) in [6.07, 6.45) is -1.23. The fourth-order valence-corrected chi connectivity index (χ4v) is 1.97. The summed E-state index contributed by atoms with van der Waals surface area (Å²) in [5.41, 5.74) is -0.102. The largest absolute Gasteiger partial charge is 1.00 e. The van der Waals surface area contributed by atoms with Gasteiger partial charge in [-0.2, -0.15) is 8.42 Å². The second-order valence-corrected chi connectivity index (χ2v) is 5.06. The molecule has 0 saturated carbocycles. The Balaban J connectivity index is 0.00000324. The first-order valence-corrected chi connectivity index (χ1v) is 6.41. The van der Waals surface area contributed by atoms with Gasteiger partial charge in [-0.05, 0) is 19.1 Å². The third-order valence-electron chi connectivity index (χ3n) is 2.05. The summed E-state index contributed by atoms with van der Waals surface area (Å²) in [5, 5.41) is 0. The molecule has 3 nitrogen and oxygen atoms in total. The first-order valence-electron chi connectivity index (χ1n) is 4.65. The van der Waals surface area contributed by atoms with Crippen LogP contribution in [0, 0.1) is 6.92 Å². The van der Waals surface area contributed by atoms with Crippen molar-refractivity contribution in [3.05, 3.63) is 23.3 Å². The Morgan fingerprint density at radius 1 is 1.32 bits per heavy atom. The van der Waals surface area contributed by atoms with E-state index < -0.39 is 29.6 Å². The molecular formula is C8H8BF4KO3S2. The van der Waals surface area contributed by atoms with Gasteiger partial charge in [0.1, 0.15) is 5.75 Å². The molecule has 0 unspecified atom stereocenters. The molecule has 0 aliphatic rings. The normalized spacial score (nSPS) is 11.9. The Hall–Kier alpha value is 0.741. The number of halogens is 4. The van der Waals surface area contributed by atoms with Crippen LogP contribution in [0.4, 0.5) is 16.8 Å². The molecule has 0 aliphatic carbocycles. The predicted molar refractivity (Wildman–Crippen MR) is 61.9 cm³/mol. The molecule has 0 saturated heterocycles. The third-order valence-corrected chi connectivity index (χ3v) is 2.89. The van der Waals surface area contributed by atoms with Gasteiger partial charge in [0.25, 0.3) is 0 Å². The van der Waals surface area contributed by atoms with Gasteiger partial charge in [0, 0.05) is 10.5 Å². The first-order chi connectivity index (χ1) is 7.98. The molecule has 0 fully saturated rings. The van der Waals surface area contributed by atoms with E-state index >= 15 is 0 Å². The smallest absolute Gasteiger partial charge is 0.449 e. The van der Waals surface area contributed by atoms with Crippen molar-refractivity contribution in [3.8, 4) is 5.75 Å². The second-order valence-electron chi connectivity index (χ2n) is 3.63. The van der Waals surface area contributed by atoms with Crippen molar-refractivity contribution in [2.75, 3.05) is 0 Å². The fourth-order valence-electron chi connectivity index (χ4n) is 1.31. The molecule has 0 atom stereocenters. The third kappa shape index (κ3) is 7.35. The van der Waals surface area contributed by atoms with E-state index in [4.69, 9.17) is 0 Å². The van der Waals surface area contributed by atoms with E-state index in [-0.39, 0.29) is 67.4 Å². The van der Waals surface area contributed by atoms with Crippen LogP contribution < -0.4 is 55.6 Å². The number of rotatable bonds is 4. The van der Waals surface area contributed by atoms with E-state index in [1.54, 1.807) is 0 Å². The Bertz CT molecular complexity index is 562. The molecule has 0 radical (unpaired) electrons. The van der Waals surface area contributed by atoms with Gasteiger partial charge in [0.05, 0.1) is 0 Å². The first kappa shape index (κ1) is 19.7. The van der Waals surface area contributed by atoms with Crippen LogP contribution in [0.1, 0.15) is 11.1 Å². The van der Waals surface area contributed by atoms with Crippen LogP contribution in [0.2, 0.25) is 0 Å². The number of hydrogen-bond acceptors (Lipinski definition) is 4. The van der Waals surface area contributed by atoms with Crippen molar-refractivity contribution in [1.29, 1.82) is 0 Å². The van der Waals surface area contributed by atoms with Crippen LogP contribution in [-0.2, 0) is 16.8 Å². The molecule has 1 aromatic carbocycles. The SMILES string of the molecule is Cc1c(S)cc(C[B-](F)(F)F)cc1OS(=O)(=O)F.[K+]. The number of benzene rings is 1. The number of thiol groups is 1. The second kappa shape index (κ2) is 7.14. The molecule has 1 aromatic rings. The Kier molecular flexibility index (Phi) is 7.42. The van der Waals surface area contributed by atoms with Gasteiger partial charge in [-0.25, -0.2) is 0 Å². The van der Waals surface area contributed by atoms with E-state index in [0.717, 1.165) is 12.1 Å². The molecule has 1 rings (SSSR count). The topological polar surface area (TPSA) is 43.4 Å². The Morgan fingerprint density at radius 2 is 1.84 bits per heavy atom. The van der Waals surface area contributed by atoms with Crippen LogP contribution >= 0.6 is 12.6 Å². The van der Waals surface area contributed by atoms with Crippen molar-refractivity contribution in [3.63, 3.8) is 0 Å². The molecular weight excluding hydrogens is 334 g/mol. The van der Waals surface area contributed by atoms with Gasteiger partial charge in [-0.15, -0.1) is 12.6 Å². The molecule has 0 aliphatic heterocycles. The fraction of sp³-hybridized carbons (Fsp3) is 0.250. The molecule has 11 heteroatoms. The van der Waals surface area contributed by atoms with Crippen LogP contribution in [0.5, 0.6) is 5.75 Å². The number of hydrogen-bond donors (Lipinski definition) is 1. The van der Waals surface area contributed by atoms with Crippen molar-refractivity contribution < 1.29 is 80.8 Å². The van der Waals surface area contributed by atoms with E-state index in [9.17, 15) is 25.3 Å². The van der Waals surface area contributed by atoms with Crippen molar-refractivity contribution in [2.24, 2.45) is 0 Å². The quantitative estimate of drug-likeness (QED) is 0.357. The zero-order valence-corrected chi connectivity index (χ0v) is 14.9. The minimum atomic E-state index is -5.29. The summed E-state index contributed by atoms with van der Waals surface area (Å²) >= 11 is 3.88. The maximum atomic E-state index is 12.4. The maximum absolute atomic E-state index is 12.4. The van der Waals surface area contributed by atoms with Crippen molar-refractivity contribution in [1.82, 2.24) is 0 Å². The molecule has 102 valence electrons. The van der Waals surface area contributed by atoms with Gasteiger partial charge in [0.2, 0.25) is 0 Å². The zero-order valence-electron chi connectivity index (χ0n) is 10.0. The van der Waals surface area contributed by atoms with Gasteiger partial charge in [-0.1, -0.05) is 15.8 Å². The molecule has 19 heavy (non-hydrogen) atoms. The average Bonchev–Trinajstić information content (AvgIpc) is 2.08. The van der Waals surface area contributed by atoms with E-state index in [2.05, 4.69) is 16.8 Å². The van der Waals surface area contributed by atoms with E-state index in [1.807, 2.05) is 0 Å². The van der Waals surface area contributed by atoms with Crippen molar-refractivity contribution >= 4 is 30.1 Å². The summed E-state index contributed by atoms with van der Waals surface area (Å²) in [5.74, 6) is -0.500. The maximum Gasteiger partial charge on any atom is 1.00 e. The minimum Gasteiger partial charge on any atom is -0.449 e. The molecule has 0 aromatic heterocycles. The van der Waals surface area contributed by atoms with Crippen molar-refractivity contribution in [2.45, 2.75) is 18.1 Å². The molecule has 0 N–H and O–H groups in total. The van der Waals surface area contributed by atoms with Gasteiger partial charge >= 0.3 is 68.9 Å². The monoisotopic (exact) mass is 342 g/mol. The summed E-state index contributed by atoms with van der Waals surface area (Å²) in [7, 11) is -5.29. The Labute approximate surface area is 156 Å². The zero-order chi connectivity index (χ0) is 14.1. The molecule has 0 amide bonds. The Morgan fingerprint density at radius 3 is 2.26 bits per heavy atom. The summed E-state index contributed by atoms with van der Waals surface area (Å²) in [4.78, 5) is 0.0891. The van der Waals surface area contributed by atoms with Crippen LogP contribution in [0.25, 0.3) is 0 Å². The molecule has 0 bridgehead atoms. The van der Waals surface area contributed by atoms with Crippen LogP contribution in [0.15, 0.2) is 17.0 Å². The van der Waals surface area contributed by atoms with Gasteiger partial charge in [0.15, 0.2) is 0 Å². The molecule has 0 spiro atoms. The van der Waals surface area contributed by atoms with Gasteiger partial charge < -0.3 is 17.1 Å². The predicted octanol–water partition coefficient (Wildman–Crippen LogP) is -0.190.